The highest BCUT2D eigenvalue weighted by atomic mass is 79.9. The molecule has 2 rings (SSSR count). The number of rotatable bonds is 7. The topological polar surface area (TPSA) is 33.0 Å². The Labute approximate surface area is 164 Å². The second-order valence-corrected chi connectivity index (χ2v) is 8.34. The minimum atomic E-state index is -0.316. The van der Waals surface area contributed by atoms with Gasteiger partial charge >= 0.3 is 0 Å². The summed E-state index contributed by atoms with van der Waals surface area (Å²) in [5.41, 5.74) is 0.834. The Bertz CT molecular complexity index is 550. The molecule has 0 atom stereocenters. The van der Waals surface area contributed by atoms with E-state index < -0.39 is 0 Å². The van der Waals surface area contributed by atoms with Crippen molar-refractivity contribution in [1.29, 1.82) is 5.26 Å². The van der Waals surface area contributed by atoms with Crippen molar-refractivity contribution < 1.29 is 26.2 Å². The first-order valence-corrected chi connectivity index (χ1v) is 9.33. The number of hydrogen-bond donors (Lipinski definition) is 0. The van der Waals surface area contributed by atoms with Gasteiger partial charge in [-0.2, -0.15) is 5.26 Å². The van der Waals surface area contributed by atoms with Gasteiger partial charge in [-0.1, -0.05) is 32.4 Å². The summed E-state index contributed by atoms with van der Waals surface area (Å²) in [4.78, 5) is 0. The molecular formula is C21H33BrN2O. The molecule has 0 aliphatic carbocycles. The van der Waals surface area contributed by atoms with E-state index in [0.717, 1.165) is 60.7 Å². The van der Waals surface area contributed by atoms with E-state index in [2.05, 4.69) is 46.1 Å². The number of likely N-dealkylation sites (tertiary alicyclic amines) is 1. The molecule has 1 fully saturated rings. The zero-order valence-electron chi connectivity index (χ0n) is 16.2. The van der Waals surface area contributed by atoms with Crippen LogP contribution in [0.4, 0.5) is 0 Å². The summed E-state index contributed by atoms with van der Waals surface area (Å²) in [6, 6.07) is 10.9. The largest absolute Gasteiger partial charge is 1.00 e. The normalized spacial score (nSPS) is 18.2. The highest BCUT2D eigenvalue weighted by Gasteiger charge is 2.40. The van der Waals surface area contributed by atoms with E-state index in [4.69, 9.17) is 4.74 Å². The molecule has 0 amide bonds. The maximum atomic E-state index is 9.79. The van der Waals surface area contributed by atoms with Gasteiger partial charge in [-0.3, -0.25) is 0 Å². The summed E-state index contributed by atoms with van der Waals surface area (Å²) < 4.78 is 6.86. The summed E-state index contributed by atoms with van der Waals surface area (Å²) >= 11 is 0. The Morgan fingerprint density at radius 3 is 2.24 bits per heavy atom. The molecule has 0 spiro atoms. The number of quaternary nitrogens is 1. The first kappa shape index (κ1) is 22.0. The van der Waals surface area contributed by atoms with Crippen molar-refractivity contribution in [2.75, 3.05) is 33.8 Å². The Balaban J connectivity index is 0.00000312. The number of piperidine rings is 1. The van der Waals surface area contributed by atoms with Gasteiger partial charge in [0.1, 0.15) is 5.75 Å². The molecule has 1 aliphatic heterocycles. The summed E-state index contributed by atoms with van der Waals surface area (Å²) in [6.45, 7) is 7.41. The number of nitrogens with zero attached hydrogens (tertiary/aromatic N) is 2. The quantitative estimate of drug-likeness (QED) is 0.506. The van der Waals surface area contributed by atoms with Crippen LogP contribution in [-0.2, 0) is 5.41 Å². The highest BCUT2D eigenvalue weighted by Crippen LogP contribution is 2.37. The maximum Gasteiger partial charge on any atom is 0.119 e. The van der Waals surface area contributed by atoms with Crippen LogP contribution in [0, 0.1) is 17.2 Å². The number of ether oxygens (including phenoxy) is 1. The van der Waals surface area contributed by atoms with Crippen LogP contribution in [0.2, 0.25) is 0 Å². The Morgan fingerprint density at radius 2 is 1.72 bits per heavy atom. The molecule has 0 N–H and O–H groups in total. The minimum Gasteiger partial charge on any atom is -1.00 e. The summed E-state index contributed by atoms with van der Waals surface area (Å²) in [5, 5.41) is 9.79. The molecule has 1 aromatic carbocycles. The molecular weight excluding hydrogens is 376 g/mol. The van der Waals surface area contributed by atoms with Crippen molar-refractivity contribution >= 4 is 0 Å². The molecule has 0 radical (unpaired) electrons. The van der Waals surface area contributed by atoms with Gasteiger partial charge in [-0.25, -0.2) is 0 Å². The molecule has 25 heavy (non-hydrogen) atoms. The van der Waals surface area contributed by atoms with Crippen LogP contribution in [0.3, 0.4) is 0 Å². The molecule has 4 heteroatoms. The third-order valence-electron chi connectivity index (χ3n) is 5.35. The summed E-state index contributed by atoms with van der Waals surface area (Å²) in [6.07, 6.45) is 5.47. The van der Waals surface area contributed by atoms with Crippen molar-refractivity contribution in [3.63, 3.8) is 0 Å². The van der Waals surface area contributed by atoms with Gasteiger partial charge in [0.25, 0.3) is 0 Å². The van der Waals surface area contributed by atoms with Crippen LogP contribution in [0.1, 0.15) is 51.5 Å². The second kappa shape index (κ2) is 9.59. The van der Waals surface area contributed by atoms with E-state index in [9.17, 15) is 5.26 Å². The van der Waals surface area contributed by atoms with Crippen LogP contribution in [0.25, 0.3) is 0 Å². The Kier molecular flexibility index (Phi) is 8.44. The molecule has 1 aliphatic rings. The van der Waals surface area contributed by atoms with Crippen molar-refractivity contribution in [1.82, 2.24) is 0 Å². The standard InChI is InChI=1S/C21H33N2O.BrH/c1-18(2)7-5-6-16-24-20-10-8-19(9-11-20)21(17-22)12-14-23(3,4)15-13-21;/h8-11,18H,5-7,12-16H2,1-4H3;1H/q+1;/p-1. The maximum absolute atomic E-state index is 9.79. The van der Waals surface area contributed by atoms with Gasteiger partial charge in [0.05, 0.1) is 45.3 Å². The average molecular weight is 409 g/mol. The van der Waals surface area contributed by atoms with Gasteiger partial charge in [0.15, 0.2) is 0 Å². The van der Waals surface area contributed by atoms with Crippen molar-refractivity contribution in [3.8, 4) is 11.8 Å². The van der Waals surface area contributed by atoms with Gasteiger partial charge in [0.2, 0.25) is 0 Å². The molecule has 0 saturated carbocycles. The van der Waals surface area contributed by atoms with E-state index in [-0.39, 0.29) is 22.4 Å². The van der Waals surface area contributed by atoms with Crippen molar-refractivity contribution in [3.05, 3.63) is 29.8 Å². The number of unbranched alkanes of at least 4 members (excludes halogenated alkanes) is 1. The molecule has 1 saturated heterocycles. The molecule has 0 bridgehead atoms. The van der Waals surface area contributed by atoms with E-state index in [0.29, 0.717) is 0 Å². The molecule has 1 heterocycles. The highest BCUT2D eigenvalue weighted by molar-refractivity contribution is 5.37. The lowest BCUT2D eigenvalue weighted by Gasteiger charge is -2.41. The average Bonchev–Trinajstić information content (AvgIpc) is 2.56. The molecule has 3 nitrogen and oxygen atoms in total. The van der Waals surface area contributed by atoms with Crippen LogP contribution in [0.15, 0.2) is 24.3 Å². The zero-order chi connectivity index (χ0) is 17.6. The van der Waals surface area contributed by atoms with Crippen LogP contribution in [0.5, 0.6) is 5.75 Å². The monoisotopic (exact) mass is 408 g/mol. The predicted octanol–water partition coefficient (Wildman–Crippen LogP) is 1.53. The number of benzene rings is 1. The van der Waals surface area contributed by atoms with Crippen LogP contribution < -0.4 is 21.7 Å². The first-order chi connectivity index (χ1) is 11.4. The fourth-order valence-corrected chi connectivity index (χ4v) is 3.40. The lowest BCUT2D eigenvalue weighted by atomic mass is 9.73. The summed E-state index contributed by atoms with van der Waals surface area (Å²) in [5.74, 6) is 1.69. The van der Waals surface area contributed by atoms with Gasteiger partial charge in [-0.15, -0.1) is 0 Å². The number of hydrogen-bond acceptors (Lipinski definition) is 2. The van der Waals surface area contributed by atoms with Gasteiger partial charge in [-0.05, 0) is 36.5 Å². The van der Waals surface area contributed by atoms with Gasteiger partial charge < -0.3 is 26.2 Å². The Hall–Kier alpha value is -1.05. The van der Waals surface area contributed by atoms with Crippen LogP contribution >= 0.6 is 0 Å². The molecule has 1 aromatic rings. The van der Waals surface area contributed by atoms with Gasteiger partial charge in [0, 0.05) is 12.8 Å². The predicted molar refractivity (Wildman–Crippen MR) is 99.0 cm³/mol. The SMILES string of the molecule is CC(C)CCCCOc1ccc(C2(C#N)CC[N+](C)(C)CC2)cc1.[Br-]. The fraction of sp³-hybridized carbons (Fsp3) is 0.667. The second-order valence-electron chi connectivity index (χ2n) is 8.34. The van der Waals surface area contributed by atoms with E-state index >= 15 is 0 Å². The molecule has 0 unspecified atom stereocenters. The fourth-order valence-electron chi connectivity index (χ4n) is 3.40. The Morgan fingerprint density at radius 1 is 1.12 bits per heavy atom. The minimum absolute atomic E-state index is 0. The van der Waals surface area contributed by atoms with E-state index in [1.165, 1.54) is 12.8 Å². The number of nitriles is 1. The van der Waals surface area contributed by atoms with Crippen molar-refractivity contribution in [2.45, 2.75) is 51.4 Å². The molecule has 0 aromatic heterocycles. The third-order valence-corrected chi connectivity index (χ3v) is 5.35. The van der Waals surface area contributed by atoms with Crippen LogP contribution in [-0.4, -0.2) is 38.3 Å². The smallest absolute Gasteiger partial charge is 0.119 e. The lowest BCUT2D eigenvalue weighted by Crippen LogP contribution is -3.00. The zero-order valence-corrected chi connectivity index (χ0v) is 17.8. The third kappa shape index (κ3) is 6.31. The first-order valence-electron chi connectivity index (χ1n) is 9.33. The summed E-state index contributed by atoms with van der Waals surface area (Å²) in [7, 11) is 4.50. The molecule has 140 valence electrons. The van der Waals surface area contributed by atoms with E-state index in [1.54, 1.807) is 0 Å². The lowest BCUT2D eigenvalue weighted by molar-refractivity contribution is -0.896. The number of halogens is 1. The van der Waals surface area contributed by atoms with E-state index in [1.807, 2.05) is 12.1 Å². The van der Waals surface area contributed by atoms with Crippen molar-refractivity contribution in [2.24, 2.45) is 5.92 Å².